The summed E-state index contributed by atoms with van der Waals surface area (Å²) in [6.07, 6.45) is 3.51. The van der Waals surface area contributed by atoms with E-state index in [0.29, 0.717) is 17.9 Å². The molecule has 4 N–H and O–H groups in total. The standard InChI is InChI=1S/C14H15N5O/c1-19-13(15)11(8-18-19)7-17-14(20)10-3-2-9-4-5-16-12(9)6-10/h2-6,8,16H,7,15H2,1H3,(H,17,20). The fourth-order valence-electron chi connectivity index (χ4n) is 2.10. The number of aryl methyl sites for hydroxylation is 1. The predicted octanol–water partition coefficient (Wildman–Crippen LogP) is 1.41. The Balaban J connectivity index is 1.74. The molecule has 2 aromatic heterocycles. The summed E-state index contributed by atoms with van der Waals surface area (Å²) >= 11 is 0. The van der Waals surface area contributed by atoms with E-state index in [1.54, 1.807) is 24.0 Å². The first-order valence-corrected chi connectivity index (χ1v) is 6.27. The van der Waals surface area contributed by atoms with Crippen molar-refractivity contribution in [3.05, 3.63) is 47.8 Å². The van der Waals surface area contributed by atoms with Gasteiger partial charge in [-0.1, -0.05) is 6.07 Å². The topological polar surface area (TPSA) is 88.7 Å². The lowest BCUT2D eigenvalue weighted by molar-refractivity contribution is 0.0951. The Morgan fingerprint density at radius 3 is 3.05 bits per heavy atom. The minimum absolute atomic E-state index is 0.134. The first-order chi connectivity index (χ1) is 9.65. The van der Waals surface area contributed by atoms with Crippen LogP contribution in [-0.4, -0.2) is 20.7 Å². The molecular formula is C14H15N5O. The van der Waals surface area contributed by atoms with Crippen LogP contribution in [0.5, 0.6) is 0 Å². The van der Waals surface area contributed by atoms with Crippen LogP contribution in [0, 0.1) is 0 Å². The molecule has 0 unspecified atom stereocenters. The van der Waals surface area contributed by atoms with Crippen molar-refractivity contribution in [3.8, 4) is 0 Å². The van der Waals surface area contributed by atoms with Gasteiger partial charge in [0.2, 0.25) is 0 Å². The number of rotatable bonds is 3. The van der Waals surface area contributed by atoms with Gasteiger partial charge in [0.15, 0.2) is 0 Å². The molecule has 0 radical (unpaired) electrons. The lowest BCUT2D eigenvalue weighted by atomic mass is 10.1. The highest BCUT2D eigenvalue weighted by molar-refractivity contribution is 5.97. The number of hydrogen-bond acceptors (Lipinski definition) is 3. The number of amides is 1. The molecule has 0 aliphatic carbocycles. The summed E-state index contributed by atoms with van der Waals surface area (Å²) in [7, 11) is 1.76. The van der Waals surface area contributed by atoms with Gasteiger partial charge in [-0.2, -0.15) is 5.10 Å². The van der Waals surface area contributed by atoms with Gasteiger partial charge < -0.3 is 16.0 Å². The number of H-pyrrole nitrogens is 1. The van der Waals surface area contributed by atoms with E-state index < -0.39 is 0 Å². The van der Waals surface area contributed by atoms with E-state index >= 15 is 0 Å². The smallest absolute Gasteiger partial charge is 0.251 e. The summed E-state index contributed by atoms with van der Waals surface area (Å²) in [6, 6.07) is 7.52. The molecule has 0 atom stereocenters. The molecule has 0 saturated carbocycles. The van der Waals surface area contributed by atoms with Gasteiger partial charge in [-0.15, -0.1) is 0 Å². The Bertz CT molecular complexity index is 771. The van der Waals surface area contributed by atoms with E-state index in [1.165, 1.54) is 0 Å². The molecular weight excluding hydrogens is 254 g/mol. The Labute approximate surface area is 115 Å². The van der Waals surface area contributed by atoms with Crippen LogP contribution in [-0.2, 0) is 13.6 Å². The third-order valence-electron chi connectivity index (χ3n) is 3.32. The number of aromatic nitrogens is 3. The number of hydrogen-bond donors (Lipinski definition) is 3. The highest BCUT2D eigenvalue weighted by Gasteiger charge is 2.09. The number of nitrogens with zero attached hydrogens (tertiary/aromatic N) is 2. The molecule has 0 spiro atoms. The molecule has 3 rings (SSSR count). The summed E-state index contributed by atoms with van der Waals surface area (Å²) in [5.74, 6) is 0.426. The van der Waals surface area contributed by atoms with Crippen LogP contribution in [0.25, 0.3) is 10.9 Å². The zero-order valence-corrected chi connectivity index (χ0v) is 11.1. The molecule has 0 saturated heterocycles. The summed E-state index contributed by atoms with van der Waals surface area (Å²) in [5.41, 5.74) is 8.20. The fourth-order valence-corrected chi connectivity index (χ4v) is 2.10. The molecule has 20 heavy (non-hydrogen) atoms. The maximum atomic E-state index is 12.1. The maximum absolute atomic E-state index is 12.1. The van der Waals surface area contributed by atoms with E-state index in [0.717, 1.165) is 16.5 Å². The van der Waals surface area contributed by atoms with E-state index in [1.807, 2.05) is 24.4 Å². The zero-order chi connectivity index (χ0) is 14.1. The third-order valence-corrected chi connectivity index (χ3v) is 3.32. The number of benzene rings is 1. The van der Waals surface area contributed by atoms with E-state index in [2.05, 4.69) is 15.4 Å². The minimum atomic E-state index is -0.134. The van der Waals surface area contributed by atoms with Crippen molar-refractivity contribution >= 4 is 22.6 Å². The van der Waals surface area contributed by atoms with Gasteiger partial charge in [0.25, 0.3) is 5.91 Å². The number of anilines is 1. The van der Waals surface area contributed by atoms with Crippen LogP contribution in [0.2, 0.25) is 0 Å². The summed E-state index contributed by atoms with van der Waals surface area (Å²) in [6.45, 7) is 0.362. The van der Waals surface area contributed by atoms with Crippen molar-refractivity contribution in [1.82, 2.24) is 20.1 Å². The second-order valence-corrected chi connectivity index (χ2v) is 4.64. The number of carbonyl (C=O) groups excluding carboxylic acids is 1. The second kappa shape index (κ2) is 4.73. The first kappa shape index (κ1) is 12.3. The highest BCUT2D eigenvalue weighted by atomic mass is 16.1. The van der Waals surface area contributed by atoms with Gasteiger partial charge >= 0.3 is 0 Å². The van der Waals surface area contributed by atoms with Crippen molar-refractivity contribution in [1.29, 1.82) is 0 Å². The van der Waals surface area contributed by atoms with Crippen LogP contribution >= 0.6 is 0 Å². The van der Waals surface area contributed by atoms with Crippen LogP contribution < -0.4 is 11.1 Å². The Morgan fingerprint density at radius 1 is 1.45 bits per heavy atom. The maximum Gasteiger partial charge on any atom is 0.251 e. The molecule has 0 bridgehead atoms. The van der Waals surface area contributed by atoms with E-state index in [-0.39, 0.29) is 5.91 Å². The van der Waals surface area contributed by atoms with Gasteiger partial charge in [0.1, 0.15) is 5.82 Å². The monoisotopic (exact) mass is 269 g/mol. The van der Waals surface area contributed by atoms with Gasteiger partial charge in [0.05, 0.1) is 6.20 Å². The molecule has 0 aliphatic heterocycles. The highest BCUT2D eigenvalue weighted by Crippen LogP contribution is 2.14. The molecule has 6 heteroatoms. The second-order valence-electron chi connectivity index (χ2n) is 4.64. The first-order valence-electron chi connectivity index (χ1n) is 6.27. The van der Waals surface area contributed by atoms with E-state index in [9.17, 15) is 4.79 Å². The van der Waals surface area contributed by atoms with Gasteiger partial charge in [-0.05, 0) is 23.6 Å². The quantitative estimate of drug-likeness (QED) is 0.671. The molecule has 2 heterocycles. The number of nitrogens with two attached hydrogens (primary N) is 1. The SMILES string of the molecule is Cn1ncc(CNC(=O)c2ccc3cc[nH]c3c2)c1N. The van der Waals surface area contributed by atoms with Crippen molar-refractivity contribution in [2.24, 2.45) is 7.05 Å². The lowest BCUT2D eigenvalue weighted by Crippen LogP contribution is -2.23. The van der Waals surface area contributed by atoms with Crippen LogP contribution in [0.15, 0.2) is 36.7 Å². The van der Waals surface area contributed by atoms with E-state index in [4.69, 9.17) is 5.73 Å². The largest absolute Gasteiger partial charge is 0.384 e. The zero-order valence-electron chi connectivity index (χ0n) is 11.1. The molecule has 6 nitrogen and oxygen atoms in total. The molecule has 102 valence electrons. The van der Waals surface area contributed by atoms with Crippen LogP contribution in [0.4, 0.5) is 5.82 Å². The van der Waals surface area contributed by atoms with Crippen molar-refractivity contribution in [3.63, 3.8) is 0 Å². The van der Waals surface area contributed by atoms with Gasteiger partial charge in [-0.3, -0.25) is 9.48 Å². The number of nitrogens with one attached hydrogen (secondary N) is 2. The normalized spacial score (nSPS) is 10.8. The number of nitrogen functional groups attached to an aromatic ring is 1. The summed E-state index contributed by atoms with van der Waals surface area (Å²) in [4.78, 5) is 15.2. The van der Waals surface area contributed by atoms with Crippen molar-refractivity contribution < 1.29 is 4.79 Å². The third kappa shape index (κ3) is 2.11. The molecule has 3 aromatic rings. The Morgan fingerprint density at radius 2 is 2.30 bits per heavy atom. The summed E-state index contributed by atoms with van der Waals surface area (Å²) < 4.78 is 1.58. The van der Waals surface area contributed by atoms with Gasteiger partial charge in [-0.25, -0.2) is 0 Å². The molecule has 0 aliphatic rings. The average Bonchev–Trinajstić information content (AvgIpc) is 3.04. The predicted molar refractivity (Wildman–Crippen MR) is 77.1 cm³/mol. The van der Waals surface area contributed by atoms with Crippen molar-refractivity contribution in [2.45, 2.75) is 6.54 Å². The Hall–Kier alpha value is -2.76. The molecule has 1 aromatic carbocycles. The van der Waals surface area contributed by atoms with Gasteiger partial charge in [0, 0.05) is 36.4 Å². The van der Waals surface area contributed by atoms with Crippen LogP contribution in [0.3, 0.4) is 0 Å². The molecule has 1 amide bonds. The van der Waals surface area contributed by atoms with Crippen LogP contribution in [0.1, 0.15) is 15.9 Å². The average molecular weight is 269 g/mol. The minimum Gasteiger partial charge on any atom is -0.384 e. The lowest BCUT2D eigenvalue weighted by Gasteiger charge is -2.05. The van der Waals surface area contributed by atoms with Crippen molar-refractivity contribution in [2.75, 3.05) is 5.73 Å². The fraction of sp³-hybridized carbons (Fsp3) is 0.143. The number of aromatic amines is 1. The summed E-state index contributed by atoms with van der Waals surface area (Å²) in [5, 5.41) is 7.96. The number of fused-ring (bicyclic) bond motifs is 1. The Kier molecular flexibility index (Phi) is 2.90. The number of carbonyl (C=O) groups is 1. The molecule has 0 fully saturated rings.